The van der Waals surface area contributed by atoms with Crippen LogP contribution in [0.2, 0.25) is 0 Å². The van der Waals surface area contributed by atoms with Crippen molar-refractivity contribution in [3.05, 3.63) is 65.7 Å². The number of benzene rings is 2. The van der Waals surface area contributed by atoms with Gasteiger partial charge in [-0.05, 0) is 24.3 Å². The van der Waals surface area contributed by atoms with Crippen LogP contribution in [0, 0.1) is 0 Å². The Kier molecular flexibility index (Phi) is 4.31. The number of esters is 1. The first kappa shape index (κ1) is 13.3. The summed E-state index contributed by atoms with van der Waals surface area (Å²) >= 11 is 5.48. The van der Waals surface area contributed by atoms with Crippen LogP contribution >= 0.6 is 11.6 Å². The fourth-order valence-corrected chi connectivity index (χ4v) is 1.70. The van der Waals surface area contributed by atoms with Crippen LogP contribution in [0.3, 0.4) is 0 Å². The van der Waals surface area contributed by atoms with Gasteiger partial charge in [0.25, 0.3) is 0 Å². The number of Topliss-reactive ketones (excluding diaryl/α,β-unsaturated/α-hetero) is 1. The van der Waals surface area contributed by atoms with Gasteiger partial charge in [0, 0.05) is 5.56 Å². The maximum absolute atomic E-state index is 11.8. The number of carbonyl (C=O) groups excluding carboxylic acids is 2. The van der Waals surface area contributed by atoms with Gasteiger partial charge in [-0.1, -0.05) is 30.3 Å². The lowest BCUT2D eigenvalue weighted by Gasteiger charge is -2.05. The van der Waals surface area contributed by atoms with Crippen LogP contribution in [0.4, 0.5) is 0 Å². The van der Waals surface area contributed by atoms with Crippen molar-refractivity contribution in [3.8, 4) is 5.75 Å². The van der Waals surface area contributed by atoms with Crippen LogP contribution < -0.4 is 4.74 Å². The van der Waals surface area contributed by atoms with Crippen LogP contribution in [0.25, 0.3) is 0 Å². The summed E-state index contributed by atoms with van der Waals surface area (Å²) in [7, 11) is 0. The fraction of sp³-hybridized carbons (Fsp3) is 0.0667. The zero-order chi connectivity index (χ0) is 13.7. The van der Waals surface area contributed by atoms with Crippen molar-refractivity contribution >= 4 is 23.4 Å². The summed E-state index contributed by atoms with van der Waals surface area (Å²) in [6, 6.07) is 15.0. The van der Waals surface area contributed by atoms with Gasteiger partial charge in [0.15, 0.2) is 5.78 Å². The highest BCUT2D eigenvalue weighted by atomic mass is 35.5. The van der Waals surface area contributed by atoms with Gasteiger partial charge in [-0.25, -0.2) is 4.79 Å². The second-order valence-corrected chi connectivity index (χ2v) is 4.11. The van der Waals surface area contributed by atoms with Crippen LogP contribution in [0.15, 0.2) is 54.6 Å². The summed E-state index contributed by atoms with van der Waals surface area (Å²) in [5.41, 5.74) is 0.880. The molecule has 2 rings (SSSR count). The Morgan fingerprint density at radius 3 is 2.32 bits per heavy atom. The first-order chi connectivity index (χ1) is 9.20. The van der Waals surface area contributed by atoms with Crippen molar-refractivity contribution in [3.63, 3.8) is 0 Å². The molecular formula is C15H11ClO3. The molecule has 96 valence electrons. The van der Waals surface area contributed by atoms with E-state index in [1.165, 1.54) is 6.07 Å². The predicted octanol–water partition coefficient (Wildman–Crippen LogP) is 3.33. The van der Waals surface area contributed by atoms with Crippen LogP contribution in [0.5, 0.6) is 5.75 Å². The summed E-state index contributed by atoms with van der Waals surface area (Å²) in [5.74, 6) is -0.448. The minimum atomic E-state index is -0.462. The lowest BCUT2D eigenvalue weighted by atomic mass is 10.1. The van der Waals surface area contributed by atoms with Gasteiger partial charge >= 0.3 is 5.97 Å². The predicted molar refractivity (Wildman–Crippen MR) is 72.9 cm³/mol. The average molecular weight is 275 g/mol. The summed E-state index contributed by atoms with van der Waals surface area (Å²) in [6.45, 7) is 0. The van der Waals surface area contributed by atoms with Gasteiger partial charge in [0.05, 0.1) is 11.4 Å². The molecule has 0 heterocycles. The van der Waals surface area contributed by atoms with E-state index in [1.807, 2.05) is 6.07 Å². The number of rotatable bonds is 4. The number of alkyl halides is 1. The number of ketones is 1. The molecule has 0 saturated carbocycles. The van der Waals surface area contributed by atoms with E-state index in [0.29, 0.717) is 16.9 Å². The van der Waals surface area contributed by atoms with E-state index in [1.54, 1.807) is 42.5 Å². The molecule has 0 aromatic heterocycles. The van der Waals surface area contributed by atoms with Crippen molar-refractivity contribution in [2.45, 2.75) is 0 Å². The number of carbonyl (C=O) groups is 2. The molecule has 0 atom stereocenters. The van der Waals surface area contributed by atoms with Gasteiger partial charge in [-0.2, -0.15) is 0 Å². The molecule has 0 saturated heterocycles. The van der Waals surface area contributed by atoms with Crippen molar-refractivity contribution in [2.75, 3.05) is 5.88 Å². The molecule has 0 bridgehead atoms. The molecule has 4 heteroatoms. The molecular weight excluding hydrogens is 264 g/mol. The lowest BCUT2D eigenvalue weighted by molar-refractivity contribution is 0.0733. The highest BCUT2D eigenvalue weighted by molar-refractivity contribution is 6.30. The molecule has 0 amide bonds. The molecule has 0 N–H and O–H groups in total. The largest absolute Gasteiger partial charge is 0.423 e. The van der Waals surface area contributed by atoms with Crippen molar-refractivity contribution in [1.29, 1.82) is 0 Å². The first-order valence-corrected chi connectivity index (χ1v) is 6.20. The Morgan fingerprint density at radius 1 is 0.947 bits per heavy atom. The number of ether oxygens (including phenoxy) is 1. The lowest BCUT2D eigenvalue weighted by Crippen LogP contribution is -2.09. The minimum Gasteiger partial charge on any atom is -0.423 e. The monoisotopic (exact) mass is 274 g/mol. The van der Waals surface area contributed by atoms with Crippen LogP contribution in [0.1, 0.15) is 20.7 Å². The quantitative estimate of drug-likeness (QED) is 0.372. The number of hydrogen-bond donors (Lipinski definition) is 0. The average Bonchev–Trinajstić information content (AvgIpc) is 2.47. The Balaban J connectivity index is 2.16. The molecule has 0 fully saturated rings. The number of hydrogen-bond acceptors (Lipinski definition) is 3. The molecule has 0 spiro atoms. The normalized spacial score (nSPS) is 9.95. The standard InChI is InChI=1S/C15H11ClO3/c16-10-14(17)12-7-4-8-13(9-12)19-15(18)11-5-2-1-3-6-11/h1-9H,10H2. The van der Waals surface area contributed by atoms with Crippen LogP contribution in [-0.4, -0.2) is 17.6 Å². The van der Waals surface area contributed by atoms with Crippen molar-refractivity contribution in [2.24, 2.45) is 0 Å². The molecule has 0 aliphatic rings. The van der Waals surface area contributed by atoms with Gasteiger partial charge in [-0.15, -0.1) is 11.6 Å². The summed E-state index contributed by atoms with van der Waals surface area (Å²) in [4.78, 5) is 23.3. The second kappa shape index (κ2) is 6.16. The van der Waals surface area contributed by atoms with Gasteiger partial charge < -0.3 is 4.74 Å². The second-order valence-electron chi connectivity index (χ2n) is 3.84. The molecule has 3 nitrogen and oxygen atoms in total. The van der Waals surface area contributed by atoms with E-state index < -0.39 is 5.97 Å². The first-order valence-electron chi connectivity index (χ1n) is 5.67. The molecule has 19 heavy (non-hydrogen) atoms. The third-order valence-electron chi connectivity index (χ3n) is 2.50. The van der Waals surface area contributed by atoms with E-state index in [0.717, 1.165) is 0 Å². The Bertz CT molecular complexity index is 593. The SMILES string of the molecule is O=C(CCl)c1cccc(OC(=O)c2ccccc2)c1. The van der Waals surface area contributed by atoms with Crippen molar-refractivity contribution < 1.29 is 14.3 Å². The van der Waals surface area contributed by atoms with E-state index in [2.05, 4.69) is 0 Å². The minimum absolute atomic E-state index is 0.101. The zero-order valence-electron chi connectivity index (χ0n) is 10.0. The van der Waals surface area contributed by atoms with E-state index in [9.17, 15) is 9.59 Å². The topological polar surface area (TPSA) is 43.4 Å². The van der Waals surface area contributed by atoms with Crippen molar-refractivity contribution in [1.82, 2.24) is 0 Å². The molecule has 0 radical (unpaired) electrons. The highest BCUT2D eigenvalue weighted by Crippen LogP contribution is 2.16. The van der Waals surface area contributed by atoms with E-state index in [-0.39, 0.29) is 11.7 Å². The molecule has 2 aromatic rings. The summed E-state index contributed by atoms with van der Waals surface area (Å²) < 4.78 is 5.20. The summed E-state index contributed by atoms with van der Waals surface area (Å²) in [6.07, 6.45) is 0. The van der Waals surface area contributed by atoms with E-state index >= 15 is 0 Å². The Morgan fingerprint density at radius 2 is 1.63 bits per heavy atom. The fourth-order valence-electron chi connectivity index (χ4n) is 1.55. The third kappa shape index (κ3) is 3.42. The van der Waals surface area contributed by atoms with Gasteiger partial charge in [-0.3, -0.25) is 4.79 Å². The Hall–Kier alpha value is -2.13. The molecule has 0 aliphatic carbocycles. The molecule has 0 unspecified atom stereocenters. The maximum Gasteiger partial charge on any atom is 0.343 e. The Labute approximate surface area is 115 Å². The summed E-state index contributed by atoms with van der Waals surface area (Å²) in [5, 5.41) is 0. The van der Waals surface area contributed by atoms with Gasteiger partial charge in [0.2, 0.25) is 0 Å². The maximum atomic E-state index is 11.8. The van der Waals surface area contributed by atoms with Crippen LogP contribution in [-0.2, 0) is 0 Å². The smallest absolute Gasteiger partial charge is 0.343 e. The highest BCUT2D eigenvalue weighted by Gasteiger charge is 2.10. The van der Waals surface area contributed by atoms with Gasteiger partial charge in [0.1, 0.15) is 5.75 Å². The zero-order valence-corrected chi connectivity index (χ0v) is 10.8. The number of halogens is 1. The van der Waals surface area contributed by atoms with E-state index in [4.69, 9.17) is 16.3 Å². The third-order valence-corrected chi connectivity index (χ3v) is 2.74. The molecule has 0 aliphatic heterocycles. The molecule has 2 aromatic carbocycles.